The van der Waals surface area contributed by atoms with Gasteiger partial charge < -0.3 is 33.8 Å². The van der Waals surface area contributed by atoms with Crippen LogP contribution in [-0.2, 0) is 65.4 Å². The molecule has 5 atom stereocenters. The second-order valence-electron chi connectivity index (χ2n) is 24.9. The number of unbranched alkanes of at least 4 members (excludes halogenated alkanes) is 44. The number of rotatable bonds is 70. The first-order valence-electron chi connectivity index (χ1n) is 36.3. The van der Waals surface area contributed by atoms with E-state index in [0.717, 1.165) is 96.3 Å². The SMILES string of the molecule is CCCCCCCCCCCCCCCCCCCC(=O)O[C@H](COC(=O)CCCCCCCCCCCCCCCC)COP(=O)(O)OC[C@@H](O)COP(=O)(O)OC[C@@H](COC(=O)CCCCCCC)OC(=O)CCCCCCCCCCCCCC. The Hall–Kier alpha value is -1.94. The Morgan fingerprint density at radius 1 is 0.273 bits per heavy atom. The maximum Gasteiger partial charge on any atom is 0.472 e. The lowest BCUT2D eigenvalue weighted by atomic mass is 10.0. The number of carbonyl (C=O) groups excluding carboxylic acids is 4. The molecule has 0 rings (SSSR count). The van der Waals surface area contributed by atoms with Gasteiger partial charge in [-0.15, -0.1) is 0 Å². The summed E-state index contributed by atoms with van der Waals surface area (Å²) in [5, 5.41) is 10.6. The van der Waals surface area contributed by atoms with Gasteiger partial charge in [0.25, 0.3) is 0 Å². The van der Waals surface area contributed by atoms with Crippen LogP contribution in [0.1, 0.15) is 362 Å². The van der Waals surface area contributed by atoms with Gasteiger partial charge in [0.2, 0.25) is 0 Å². The Morgan fingerprint density at radius 3 is 0.670 bits per heavy atom. The molecule has 88 heavy (non-hydrogen) atoms. The maximum absolute atomic E-state index is 13.0. The van der Waals surface area contributed by atoms with E-state index in [2.05, 4.69) is 27.7 Å². The van der Waals surface area contributed by atoms with Crippen molar-refractivity contribution < 1.29 is 80.2 Å². The van der Waals surface area contributed by atoms with Gasteiger partial charge in [0, 0.05) is 25.7 Å². The number of hydrogen-bond acceptors (Lipinski definition) is 15. The van der Waals surface area contributed by atoms with Gasteiger partial charge in [0.15, 0.2) is 12.2 Å². The van der Waals surface area contributed by atoms with Gasteiger partial charge in [0.05, 0.1) is 26.4 Å². The van der Waals surface area contributed by atoms with E-state index >= 15 is 0 Å². The van der Waals surface area contributed by atoms with Crippen LogP contribution in [0.4, 0.5) is 0 Å². The zero-order valence-corrected chi connectivity index (χ0v) is 58.5. The molecule has 0 amide bonds. The van der Waals surface area contributed by atoms with Gasteiger partial charge in [-0.2, -0.15) is 0 Å². The minimum Gasteiger partial charge on any atom is -0.462 e. The zero-order valence-electron chi connectivity index (χ0n) is 56.7. The highest BCUT2D eigenvalue weighted by atomic mass is 31.2. The molecular formula is C69H134O17P2. The predicted octanol–water partition coefficient (Wildman–Crippen LogP) is 19.9. The van der Waals surface area contributed by atoms with Gasteiger partial charge in [-0.1, -0.05) is 310 Å². The van der Waals surface area contributed by atoms with Crippen molar-refractivity contribution >= 4 is 39.5 Å². The molecule has 0 aromatic rings. The van der Waals surface area contributed by atoms with E-state index in [-0.39, 0.29) is 25.7 Å². The number of aliphatic hydroxyl groups is 1. The Labute approximate surface area is 537 Å². The van der Waals surface area contributed by atoms with E-state index in [1.165, 1.54) is 186 Å². The summed E-state index contributed by atoms with van der Waals surface area (Å²) in [6.45, 7) is 4.86. The summed E-state index contributed by atoms with van der Waals surface area (Å²) in [5.74, 6) is -2.13. The Balaban J connectivity index is 5.15. The topological polar surface area (TPSA) is 237 Å². The number of phosphoric ester groups is 2. The van der Waals surface area contributed by atoms with Crippen LogP contribution in [0.3, 0.4) is 0 Å². The molecule has 0 fully saturated rings. The first kappa shape index (κ1) is 86.1. The molecule has 19 heteroatoms. The van der Waals surface area contributed by atoms with E-state index in [9.17, 15) is 43.2 Å². The minimum absolute atomic E-state index is 0.107. The first-order valence-corrected chi connectivity index (χ1v) is 39.3. The number of aliphatic hydroxyl groups excluding tert-OH is 1. The average molecular weight is 1300 g/mol. The van der Waals surface area contributed by atoms with E-state index in [0.29, 0.717) is 25.7 Å². The van der Waals surface area contributed by atoms with Crippen molar-refractivity contribution in [3.8, 4) is 0 Å². The smallest absolute Gasteiger partial charge is 0.462 e. The lowest BCUT2D eigenvalue weighted by molar-refractivity contribution is -0.161. The molecule has 3 N–H and O–H groups in total. The fourth-order valence-electron chi connectivity index (χ4n) is 10.5. The lowest BCUT2D eigenvalue weighted by Crippen LogP contribution is -2.30. The summed E-state index contributed by atoms with van der Waals surface area (Å²) in [7, 11) is -9.89. The van der Waals surface area contributed by atoms with Gasteiger partial charge >= 0.3 is 39.5 Å². The molecular weight excluding hydrogens is 1160 g/mol. The Bertz CT molecular complexity index is 1690. The molecule has 2 unspecified atom stereocenters. The van der Waals surface area contributed by atoms with Crippen LogP contribution in [-0.4, -0.2) is 96.7 Å². The van der Waals surface area contributed by atoms with Crippen LogP contribution in [0.25, 0.3) is 0 Å². The van der Waals surface area contributed by atoms with Crippen molar-refractivity contribution in [2.75, 3.05) is 39.6 Å². The van der Waals surface area contributed by atoms with E-state index < -0.39 is 97.5 Å². The molecule has 0 spiro atoms. The molecule has 0 aliphatic rings. The third kappa shape index (κ3) is 62.8. The fraction of sp³-hybridized carbons (Fsp3) is 0.942. The summed E-state index contributed by atoms with van der Waals surface area (Å²) in [4.78, 5) is 72.2. The van der Waals surface area contributed by atoms with Crippen molar-refractivity contribution in [3.63, 3.8) is 0 Å². The average Bonchev–Trinajstić information content (AvgIpc) is 3.60. The number of esters is 4. The highest BCUT2D eigenvalue weighted by Crippen LogP contribution is 2.45. The molecule has 0 saturated heterocycles. The number of hydrogen-bond donors (Lipinski definition) is 3. The molecule has 0 heterocycles. The first-order chi connectivity index (χ1) is 42.7. The zero-order chi connectivity index (χ0) is 64.7. The van der Waals surface area contributed by atoms with Crippen LogP contribution in [0.15, 0.2) is 0 Å². The van der Waals surface area contributed by atoms with Crippen molar-refractivity contribution in [2.24, 2.45) is 0 Å². The standard InChI is InChI=1S/C69H134O17P2/c1-5-9-13-17-20-23-26-29-31-32-33-35-38-41-44-48-52-56-69(74)86-65(60-80-67(72)54-50-46-42-39-37-34-30-27-24-21-18-14-10-6-2)62-84-88(77,78)82-58-63(70)57-81-87(75,76)83-61-64(59-79-66(71)53-49-45-16-12-8-4)85-68(73)55-51-47-43-40-36-28-25-22-19-15-11-7-3/h63-65,70H,5-62H2,1-4H3,(H,75,76)(H,77,78)/t63-,64+,65+/m0/s1. The third-order valence-corrected chi connectivity index (χ3v) is 18.0. The molecule has 522 valence electrons. The molecule has 0 bridgehead atoms. The molecule has 0 aromatic carbocycles. The monoisotopic (exact) mass is 1300 g/mol. The maximum atomic E-state index is 13.0. The lowest BCUT2D eigenvalue weighted by Gasteiger charge is -2.21. The highest BCUT2D eigenvalue weighted by Gasteiger charge is 2.30. The van der Waals surface area contributed by atoms with Crippen LogP contribution < -0.4 is 0 Å². The highest BCUT2D eigenvalue weighted by molar-refractivity contribution is 7.47. The molecule has 0 radical (unpaired) electrons. The van der Waals surface area contributed by atoms with Crippen LogP contribution in [0.2, 0.25) is 0 Å². The predicted molar refractivity (Wildman–Crippen MR) is 354 cm³/mol. The van der Waals surface area contributed by atoms with E-state index in [1.807, 2.05) is 0 Å². The number of phosphoric acid groups is 2. The molecule has 0 aromatic heterocycles. The van der Waals surface area contributed by atoms with Gasteiger partial charge in [-0.3, -0.25) is 37.3 Å². The quantitative estimate of drug-likeness (QED) is 0.0222. The summed E-state index contributed by atoms with van der Waals surface area (Å²) >= 11 is 0. The van der Waals surface area contributed by atoms with Gasteiger partial charge in [-0.25, -0.2) is 9.13 Å². The summed E-state index contributed by atoms with van der Waals surface area (Å²) in [6, 6.07) is 0. The second kappa shape index (κ2) is 63.8. The summed E-state index contributed by atoms with van der Waals surface area (Å²) < 4.78 is 68.0. The van der Waals surface area contributed by atoms with Crippen molar-refractivity contribution in [1.29, 1.82) is 0 Å². The molecule has 0 aliphatic carbocycles. The van der Waals surface area contributed by atoms with Crippen molar-refractivity contribution in [3.05, 3.63) is 0 Å². The number of carbonyl (C=O) groups is 4. The fourth-order valence-corrected chi connectivity index (χ4v) is 12.1. The molecule has 17 nitrogen and oxygen atoms in total. The van der Waals surface area contributed by atoms with Gasteiger partial charge in [-0.05, 0) is 25.7 Å². The second-order valence-corrected chi connectivity index (χ2v) is 27.8. The molecule has 0 aliphatic heterocycles. The van der Waals surface area contributed by atoms with Crippen LogP contribution >= 0.6 is 15.6 Å². The van der Waals surface area contributed by atoms with Crippen molar-refractivity contribution in [2.45, 2.75) is 380 Å². The Morgan fingerprint density at radius 2 is 0.455 bits per heavy atom. The van der Waals surface area contributed by atoms with Crippen LogP contribution in [0.5, 0.6) is 0 Å². The summed E-state index contributed by atoms with van der Waals surface area (Å²) in [5.41, 5.74) is 0. The third-order valence-electron chi connectivity index (χ3n) is 16.1. The normalized spacial score (nSPS) is 14.0. The van der Waals surface area contributed by atoms with E-state index in [1.54, 1.807) is 0 Å². The minimum atomic E-state index is -4.95. The van der Waals surface area contributed by atoms with Gasteiger partial charge in [0.1, 0.15) is 19.3 Å². The Kier molecular flexibility index (Phi) is 62.4. The summed E-state index contributed by atoms with van der Waals surface area (Å²) in [6.07, 6.45) is 51.6. The number of ether oxygens (including phenoxy) is 4. The van der Waals surface area contributed by atoms with Crippen molar-refractivity contribution in [1.82, 2.24) is 0 Å². The van der Waals surface area contributed by atoms with Crippen LogP contribution in [0, 0.1) is 0 Å². The molecule has 0 saturated carbocycles. The largest absolute Gasteiger partial charge is 0.472 e. The van der Waals surface area contributed by atoms with E-state index in [4.69, 9.17) is 37.0 Å².